The van der Waals surface area contributed by atoms with Gasteiger partial charge in [0.1, 0.15) is 5.75 Å². The summed E-state index contributed by atoms with van der Waals surface area (Å²) >= 11 is 1.46. The number of rotatable bonds is 7. The first-order chi connectivity index (χ1) is 14.5. The van der Waals surface area contributed by atoms with E-state index in [1.807, 2.05) is 43.3 Å². The molecule has 2 aromatic heterocycles. The molecule has 0 spiro atoms. The molecule has 4 rings (SSSR count). The molecular weight excluding hydrogens is 404 g/mol. The van der Waals surface area contributed by atoms with Crippen molar-refractivity contribution in [1.29, 1.82) is 0 Å². The van der Waals surface area contributed by atoms with Gasteiger partial charge in [0.05, 0.1) is 6.54 Å². The number of aliphatic hydroxyl groups excluding tert-OH is 1. The number of aliphatic hydroxyl groups is 1. The number of thioether (sulfide) groups is 1. The molecule has 0 bridgehead atoms. The van der Waals surface area contributed by atoms with Crippen molar-refractivity contribution >= 4 is 33.7 Å². The molecule has 2 aromatic carbocycles. The molecule has 0 amide bonds. The van der Waals surface area contributed by atoms with Crippen molar-refractivity contribution in [2.45, 2.75) is 31.3 Å². The third-order valence-electron chi connectivity index (χ3n) is 4.76. The van der Waals surface area contributed by atoms with Crippen molar-refractivity contribution in [3.8, 4) is 5.75 Å². The molecule has 0 aliphatic heterocycles. The van der Waals surface area contributed by atoms with Gasteiger partial charge >= 0.3 is 5.69 Å². The Balaban J connectivity index is 1.72. The van der Waals surface area contributed by atoms with E-state index in [4.69, 9.17) is 4.74 Å². The predicted molar refractivity (Wildman–Crippen MR) is 117 cm³/mol. The van der Waals surface area contributed by atoms with Gasteiger partial charge in [-0.1, -0.05) is 55.1 Å². The fourth-order valence-electron chi connectivity index (χ4n) is 3.33. The number of H-pyrrole nitrogens is 1. The second kappa shape index (κ2) is 8.37. The van der Waals surface area contributed by atoms with Crippen LogP contribution in [0.3, 0.4) is 0 Å². The number of benzene rings is 2. The van der Waals surface area contributed by atoms with E-state index in [2.05, 4.69) is 9.97 Å². The summed E-state index contributed by atoms with van der Waals surface area (Å²) in [4.78, 5) is 31.2. The number of hydrogen-bond acceptors (Lipinski definition) is 6. The molecule has 0 saturated heterocycles. The molecule has 2 N–H and O–H groups in total. The molecule has 0 saturated carbocycles. The number of aromatic amines is 1. The largest absolute Gasteiger partial charge is 0.463 e. The number of aryl methyl sites for hydroxylation is 1. The van der Waals surface area contributed by atoms with Crippen LogP contribution in [-0.4, -0.2) is 36.3 Å². The summed E-state index contributed by atoms with van der Waals surface area (Å²) in [5.41, 5.74) is -0.561. The maximum atomic E-state index is 12.5. The molecule has 0 radical (unpaired) electrons. The van der Waals surface area contributed by atoms with E-state index in [1.165, 1.54) is 16.3 Å². The van der Waals surface area contributed by atoms with Crippen molar-refractivity contribution in [2.75, 3.05) is 5.75 Å². The van der Waals surface area contributed by atoms with Crippen LogP contribution in [-0.2, 0) is 13.6 Å². The first-order valence-corrected chi connectivity index (χ1v) is 10.6. The Morgan fingerprint density at radius 3 is 2.77 bits per heavy atom. The number of imidazole rings is 1. The molecule has 8 nitrogen and oxygen atoms in total. The summed E-state index contributed by atoms with van der Waals surface area (Å²) in [5.74, 6) is 1.34. The van der Waals surface area contributed by atoms with Crippen LogP contribution in [0.2, 0.25) is 0 Å². The van der Waals surface area contributed by atoms with Crippen molar-refractivity contribution < 1.29 is 9.84 Å². The molecule has 30 heavy (non-hydrogen) atoms. The highest BCUT2D eigenvalue weighted by atomic mass is 32.2. The molecule has 0 aliphatic rings. The number of hydrogen-bond donors (Lipinski definition) is 2. The molecule has 0 fully saturated rings. The van der Waals surface area contributed by atoms with Gasteiger partial charge in [0.2, 0.25) is 6.29 Å². The quantitative estimate of drug-likeness (QED) is 0.348. The maximum Gasteiger partial charge on any atom is 0.329 e. The molecular formula is C21H22N4O4S. The third kappa shape index (κ3) is 3.73. The Labute approximate surface area is 176 Å². The minimum absolute atomic E-state index is 0.00689. The van der Waals surface area contributed by atoms with Crippen LogP contribution >= 0.6 is 11.8 Å². The highest BCUT2D eigenvalue weighted by molar-refractivity contribution is 7.99. The third-order valence-corrected chi connectivity index (χ3v) is 5.94. The minimum Gasteiger partial charge on any atom is -0.463 e. The molecule has 0 unspecified atom stereocenters. The summed E-state index contributed by atoms with van der Waals surface area (Å²) in [5, 5.41) is 13.1. The standard InChI is InChI=1S/C21H22N4O4S/c1-3-11-30-21-22-18-17(19(27)23-20(28)24(18)2)25(21)12-16(26)29-15-10-6-8-13-7-4-5-9-14(13)15/h4-10,16,26H,3,11-12H2,1-2H3,(H,23,27,28)/t16-/m1/s1. The zero-order valence-electron chi connectivity index (χ0n) is 16.7. The molecule has 156 valence electrons. The SMILES string of the molecule is CCCSc1nc2c(c(=O)[nH]c(=O)n2C)n1C[C@H](O)Oc1cccc2ccccc12. The summed E-state index contributed by atoms with van der Waals surface area (Å²) in [7, 11) is 1.55. The number of nitrogens with zero attached hydrogens (tertiary/aromatic N) is 3. The van der Waals surface area contributed by atoms with E-state index < -0.39 is 17.5 Å². The summed E-state index contributed by atoms with van der Waals surface area (Å²) in [6, 6.07) is 13.4. The Kier molecular flexibility index (Phi) is 5.65. The van der Waals surface area contributed by atoms with Crippen LogP contribution in [0.4, 0.5) is 0 Å². The first-order valence-electron chi connectivity index (χ1n) is 9.64. The average molecular weight is 426 g/mol. The monoisotopic (exact) mass is 426 g/mol. The molecule has 9 heteroatoms. The summed E-state index contributed by atoms with van der Waals surface area (Å²) < 4.78 is 8.73. The zero-order valence-corrected chi connectivity index (χ0v) is 17.5. The van der Waals surface area contributed by atoms with E-state index in [0.29, 0.717) is 10.9 Å². The fourth-order valence-corrected chi connectivity index (χ4v) is 4.19. The lowest BCUT2D eigenvalue weighted by atomic mass is 10.1. The van der Waals surface area contributed by atoms with E-state index in [9.17, 15) is 14.7 Å². The number of aromatic nitrogens is 4. The smallest absolute Gasteiger partial charge is 0.329 e. The predicted octanol–water partition coefficient (Wildman–Crippen LogP) is 2.48. The highest BCUT2D eigenvalue weighted by Crippen LogP contribution is 2.27. The Hall–Kier alpha value is -3.04. The van der Waals surface area contributed by atoms with Gasteiger partial charge in [-0.2, -0.15) is 0 Å². The van der Waals surface area contributed by atoms with Gasteiger partial charge in [-0.25, -0.2) is 9.78 Å². The lowest BCUT2D eigenvalue weighted by Crippen LogP contribution is -2.30. The Morgan fingerprint density at radius 1 is 1.20 bits per heavy atom. The topological polar surface area (TPSA) is 102 Å². The lowest BCUT2D eigenvalue weighted by molar-refractivity contribution is -0.0291. The second-order valence-electron chi connectivity index (χ2n) is 6.89. The molecule has 1 atom stereocenters. The lowest BCUT2D eigenvalue weighted by Gasteiger charge is -2.17. The Bertz CT molecular complexity index is 1320. The number of ether oxygens (including phenoxy) is 1. The highest BCUT2D eigenvalue weighted by Gasteiger charge is 2.20. The molecule has 0 aliphatic carbocycles. The van der Waals surface area contributed by atoms with Crippen LogP contribution in [0.5, 0.6) is 5.75 Å². The number of nitrogens with one attached hydrogen (secondary N) is 1. The summed E-state index contributed by atoms with van der Waals surface area (Å²) in [6.07, 6.45) is -0.302. The first kappa shape index (κ1) is 20.2. The van der Waals surface area contributed by atoms with Gasteiger partial charge in [0.15, 0.2) is 16.3 Å². The normalized spacial score (nSPS) is 12.5. The van der Waals surface area contributed by atoms with E-state index in [-0.39, 0.29) is 17.7 Å². The van der Waals surface area contributed by atoms with Gasteiger partial charge in [0.25, 0.3) is 5.56 Å². The Morgan fingerprint density at radius 2 is 1.97 bits per heavy atom. The van der Waals surface area contributed by atoms with Gasteiger partial charge < -0.3 is 14.4 Å². The van der Waals surface area contributed by atoms with Crippen LogP contribution < -0.4 is 16.0 Å². The van der Waals surface area contributed by atoms with E-state index >= 15 is 0 Å². The average Bonchev–Trinajstić information content (AvgIpc) is 3.09. The minimum atomic E-state index is -1.22. The van der Waals surface area contributed by atoms with Gasteiger partial charge in [-0.15, -0.1) is 0 Å². The number of fused-ring (bicyclic) bond motifs is 2. The van der Waals surface area contributed by atoms with Crippen molar-refractivity contribution in [1.82, 2.24) is 19.1 Å². The van der Waals surface area contributed by atoms with Crippen LogP contribution in [0.25, 0.3) is 21.9 Å². The maximum absolute atomic E-state index is 12.5. The molecule has 4 aromatic rings. The van der Waals surface area contributed by atoms with Gasteiger partial charge in [0, 0.05) is 18.2 Å². The second-order valence-corrected chi connectivity index (χ2v) is 7.96. The van der Waals surface area contributed by atoms with E-state index in [0.717, 1.165) is 22.9 Å². The zero-order chi connectivity index (χ0) is 21.3. The van der Waals surface area contributed by atoms with Crippen molar-refractivity contribution in [2.24, 2.45) is 7.05 Å². The molecule has 2 heterocycles. The van der Waals surface area contributed by atoms with Crippen LogP contribution in [0, 0.1) is 0 Å². The van der Waals surface area contributed by atoms with Crippen LogP contribution in [0.1, 0.15) is 13.3 Å². The van der Waals surface area contributed by atoms with Gasteiger partial charge in [-0.05, 0) is 17.9 Å². The van der Waals surface area contributed by atoms with Gasteiger partial charge in [-0.3, -0.25) is 14.3 Å². The summed E-state index contributed by atoms with van der Waals surface area (Å²) in [6.45, 7) is 2.04. The fraction of sp³-hybridized carbons (Fsp3) is 0.286. The van der Waals surface area contributed by atoms with E-state index in [1.54, 1.807) is 17.7 Å². The van der Waals surface area contributed by atoms with Crippen molar-refractivity contribution in [3.63, 3.8) is 0 Å². The van der Waals surface area contributed by atoms with Crippen molar-refractivity contribution in [3.05, 3.63) is 63.3 Å². The van der Waals surface area contributed by atoms with Crippen LogP contribution in [0.15, 0.2) is 57.2 Å².